The first-order valence-electron chi connectivity index (χ1n) is 13.5. The lowest BCUT2D eigenvalue weighted by Crippen LogP contribution is -2.19. The molecular weight excluding hydrogens is 438 g/mol. The summed E-state index contributed by atoms with van der Waals surface area (Å²) in [6.45, 7) is 7.37. The number of nitrogens with one attached hydrogen (secondary N) is 1. The summed E-state index contributed by atoms with van der Waals surface area (Å²) in [5, 5.41) is 12.2. The predicted octanol–water partition coefficient (Wildman–Crippen LogP) is 7.19. The van der Waals surface area contributed by atoms with Crippen molar-refractivity contribution < 1.29 is 14.6 Å². The predicted molar refractivity (Wildman–Crippen MR) is 145 cm³/mol. The smallest absolute Gasteiger partial charge is 0.329 e. The highest BCUT2D eigenvalue weighted by Gasteiger charge is 2.20. The Hall–Kier alpha value is 0.0900. The summed E-state index contributed by atoms with van der Waals surface area (Å²) in [7, 11) is 0. The molecule has 2 N–H and O–H groups in total. The third kappa shape index (κ3) is 23.3. The van der Waals surface area contributed by atoms with E-state index in [1.54, 1.807) is 23.5 Å². The molecule has 0 spiro atoms. The first-order chi connectivity index (χ1) is 15.8. The Balaban J connectivity index is 3.92. The van der Waals surface area contributed by atoms with Crippen LogP contribution >= 0.6 is 23.5 Å². The molecule has 0 bridgehead atoms. The number of esters is 1. The van der Waals surface area contributed by atoms with Crippen LogP contribution in [0.15, 0.2) is 0 Å². The Kier molecular flexibility index (Phi) is 27.4. The van der Waals surface area contributed by atoms with Gasteiger partial charge in [-0.3, -0.25) is 0 Å². The van der Waals surface area contributed by atoms with Crippen LogP contribution in [0, 0.1) is 0 Å². The third-order valence-electron chi connectivity index (χ3n) is 5.48. The molecule has 0 aliphatic rings. The van der Waals surface area contributed by atoms with Crippen LogP contribution < -0.4 is 5.32 Å². The van der Waals surface area contributed by atoms with Crippen molar-refractivity contribution >= 4 is 29.5 Å². The molecule has 6 heteroatoms. The summed E-state index contributed by atoms with van der Waals surface area (Å²) in [4.78, 5) is 12.6. The average Bonchev–Trinajstić information content (AvgIpc) is 2.80. The van der Waals surface area contributed by atoms with E-state index in [1.807, 2.05) is 0 Å². The Labute approximate surface area is 208 Å². The van der Waals surface area contributed by atoms with E-state index >= 15 is 0 Å². The van der Waals surface area contributed by atoms with Crippen molar-refractivity contribution in [2.45, 2.75) is 121 Å². The fourth-order valence-electron chi connectivity index (χ4n) is 3.41. The number of aliphatic hydroxyl groups is 1. The molecular formula is C26H53NO3S2. The molecule has 0 saturated heterocycles. The zero-order valence-corrected chi connectivity index (χ0v) is 22.8. The lowest BCUT2D eigenvalue weighted by atomic mass is 10.2. The number of rotatable bonds is 26. The number of hydrogen-bond acceptors (Lipinski definition) is 6. The molecule has 0 aliphatic carbocycles. The van der Waals surface area contributed by atoms with E-state index in [2.05, 4.69) is 19.2 Å². The largest absolute Gasteiger partial charge is 0.464 e. The summed E-state index contributed by atoms with van der Waals surface area (Å²) < 4.78 is 5.60. The first kappa shape index (κ1) is 32.1. The number of carbonyl (C=O) groups excluding carboxylic acids is 1. The van der Waals surface area contributed by atoms with Gasteiger partial charge in [-0.15, -0.1) is 23.5 Å². The Bertz CT molecular complexity index is 370. The quantitative estimate of drug-likeness (QED) is 0.0759. The van der Waals surface area contributed by atoms with Gasteiger partial charge in [0.25, 0.3) is 0 Å². The van der Waals surface area contributed by atoms with Gasteiger partial charge in [-0.25, -0.2) is 4.79 Å². The van der Waals surface area contributed by atoms with Gasteiger partial charge in [-0.1, -0.05) is 78.1 Å². The van der Waals surface area contributed by atoms with Crippen molar-refractivity contribution in [3.05, 3.63) is 0 Å². The maximum atomic E-state index is 12.6. The first-order valence-corrected chi connectivity index (χ1v) is 15.6. The summed E-state index contributed by atoms with van der Waals surface area (Å²) >= 11 is 3.61. The van der Waals surface area contributed by atoms with Crippen molar-refractivity contribution in [2.75, 3.05) is 37.8 Å². The van der Waals surface area contributed by atoms with Gasteiger partial charge >= 0.3 is 5.97 Å². The van der Waals surface area contributed by atoms with Crippen LogP contribution in [0.3, 0.4) is 0 Å². The number of hydrogen-bond donors (Lipinski definition) is 2. The molecule has 0 aromatic heterocycles. The SMILES string of the molecule is CCCCCCCSC(SCCCCCCC)C(=O)OCCCCCCNCCCCO. The molecule has 0 unspecified atom stereocenters. The fourth-order valence-corrected chi connectivity index (χ4v) is 5.95. The van der Waals surface area contributed by atoms with E-state index in [0.717, 1.165) is 56.7 Å². The number of unbranched alkanes of at least 4 members (excludes halogenated alkanes) is 12. The normalized spacial score (nSPS) is 11.4. The monoisotopic (exact) mass is 491 g/mol. The number of carbonyl (C=O) groups is 1. The maximum absolute atomic E-state index is 12.6. The second-order valence-electron chi connectivity index (χ2n) is 8.66. The molecule has 0 aliphatic heterocycles. The summed E-state index contributed by atoms with van der Waals surface area (Å²) in [6.07, 6.45) is 19.1. The van der Waals surface area contributed by atoms with Gasteiger partial charge in [0.05, 0.1) is 6.61 Å². The van der Waals surface area contributed by atoms with Crippen molar-refractivity contribution in [3.8, 4) is 0 Å². The molecule has 0 aromatic rings. The maximum Gasteiger partial charge on any atom is 0.329 e. The van der Waals surface area contributed by atoms with Gasteiger partial charge in [0.2, 0.25) is 0 Å². The number of aliphatic hydroxyl groups excluding tert-OH is 1. The summed E-state index contributed by atoms with van der Waals surface area (Å²) in [6, 6.07) is 0. The van der Waals surface area contributed by atoms with Crippen LogP contribution in [0.4, 0.5) is 0 Å². The van der Waals surface area contributed by atoms with Crippen LogP contribution in [-0.2, 0) is 9.53 Å². The van der Waals surface area contributed by atoms with E-state index < -0.39 is 0 Å². The second kappa shape index (κ2) is 27.3. The molecule has 0 atom stereocenters. The molecule has 32 heavy (non-hydrogen) atoms. The molecule has 0 fully saturated rings. The van der Waals surface area contributed by atoms with Crippen molar-refractivity contribution in [3.63, 3.8) is 0 Å². The summed E-state index contributed by atoms with van der Waals surface area (Å²) in [5.74, 6) is 2.13. The van der Waals surface area contributed by atoms with Gasteiger partial charge in [0.15, 0.2) is 0 Å². The van der Waals surface area contributed by atoms with Gasteiger partial charge in [0.1, 0.15) is 4.58 Å². The lowest BCUT2D eigenvalue weighted by molar-refractivity contribution is -0.141. The molecule has 0 amide bonds. The molecule has 0 radical (unpaired) electrons. The molecule has 0 heterocycles. The Morgan fingerprint density at radius 3 is 1.78 bits per heavy atom. The van der Waals surface area contributed by atoms with E-state index in [-0.39, 0.29) is 17.2 Å². The molecule has 0 rings (SSSR count). The minimum atomic E-state index is -0.0459. The van der Waals surface area contributed by atoms with Crippen LogP contribution in [-0.4, -0.2) is 53.5 Å². The van der Waals surface area contributed by atoms with Crippen LogP contribution in [0.2, 0.25) is 0 Å². The van der Waals surface area contributed by atoms with E-state index in [1.165, 1.54) is 70.6 Å². The minimum Gasteiger partial charge on any atom is -0.464 e. The third-order valence-corrected chi connectivity index (χ3v) is 8.34. The zero-order valence-electron chi connectivity index (χ0n) is 21.2. The average molecular weight is 492 g/mol. The molecule has 192 valence electrons. The Morgan fingerprint density at radius 2 is 1.22 bits per heavy atom. The van der Waals surface area contributed by atoms with Gasteiger partial charge in [-0.05, 0) is 63.1 Å². The van der Waals surface area contributed by atoms with Crippen LogP contribution in [0.1, 0.15) is 117 Å². The van der Waals surface area contributed by atoms with Crippen LogP contribution in [0.5, 0.6) is 0 Å². The standard InChI is InChI=1S/C26H53NO3S2/c1-3-5-7-11-17-23-31-26(32-24-18-12-8-6-4-2)25(29)30-22-16-10-9-13-19-27-20-14-15-21-28/h26-28H,3-24H2,1-2H3. The van der Waals surface area contributed by atoms with E-state index in [9.17, 15) is 4.79 Å². The zero-order chi connectivity index (χ0) is 23.5. The van der Waals surface area contributed by atoms with E-state index in [0.29, 0.717) is 6.61 Å². The number of ether oxygens (including phenoxy) is 1. The van der Waals surface area contributed by atoms with Gasteiger partial charge in [-0.2, -0.15) is 0 Å². The summed E-state index contributed by atoms with van der Waals surface area (Å²) in [5.41, 5.74) is 0. The Morgan fingerprint density at radius 1 is 0.719 bits per heavy atom. The second-order valence-corrected chi connectivity index (χ2v) is 11.4. The van der Waals surface area contributed by atoms with Crippen molar-refractivity contribution in [2.24, 2.45) is 0 Å². The van der Waals surface area contributed by atoms with Crippen molar-refractivity contribution in [1.29, 1.82) is 0 Å². The molecule has 0 aromatic carbocycles. The van der Waals surface area contributed by atoms with Gasteiger partial charge < -0.3 is 15.2 Å². The van der Waals surface area contributed by atoms with Gasteiger partial charge in [0, 0.05) is 6.61 Å². The topological polar surface area (TPSA) is 58.6 Å². The highest BCUT2D eigenvalue weighted by molar-refractivity contribution is 8.18. The fraction of sp³-hybridized carbons (Fsp3) is 0.962. The lowest BCUT2D eigenvalue weighted by Gasteiger charge is -2.15. The highest BCUT2D eigenvalue weighted by Crippen LogP contribution is 2.28. The van der Waals surface area contributed by atoms with Crippen LogP contribution in [0.25, 0.3) is 0 Å². The number of thioether (sulfide) groups is 2. The highest BCUT2D eigenvalue weighted by atomic mass is 32.2. The minimum absolute atomic E-state index is 0.00679. The molecule has 4 nitrogen and oxygen atoms in total. The van der Waals surface area contributed by atoms with Crippen molar-refractivity contribution in [1.82, 2.24) is 5.32 Å². The molecule has 0 saturated carbocycles. The van der Waals surface area contributed by atoms with E-state index in [4.69, 9.17) is 9.84 Å².